The molecule has 1 aliphatic carbocycles. The molecule has 2 aromatic carbocycles. The zero-order valence-electron chi connectivity index (χ0n) is 23.9. The minimum absolute atomic E-state index is 0.0140. The topological polar surface area (TPSA) is 91.2 Å². The van der Waals surface area contributed by atoms with Gasteiger partial charge in [0, 0.05) is 71.2 Å². The van der Waals surface area contributed by atoms with E-state index in [0.717, 1.165) is 74.6 Å². The standard InChI is InChI=1S/C33H43N5O/c1-21-11-8-15-30(23(21)3)33(39)38-20-19-36-26(6)29-14-10-13-28(24(29)4)25(5)35-17-18-37-27(7)31-16-9-12-22(2)32(31)34/h9-10,12-16,35-37H,5-8,11,17-20,34H2,1-4H3,(H,38,39). The number of hydrogen-bond donors (Lipinski definition) is 5. The third kappa shape index (κ3) is 7.44. The SMILES string of the molecule is C=C(NCCNC(=C)c1cccc(C)c1N)c1cccc(C(=C)NCCNC(=O)C2=CCCC(C)=C2C)c1C. The van der Waals surface area contributed by atoms with E-state index in [-0.39, 0.29) is 5.91 Å². The van der Waals surface area contributed by atoms with E-state index in [0.29, 0.717) is 26.2 Å². The van der Waals surface area contributed by atoms with Gasteiger partial charge in [0.15, 0.2) is 0 Å². The summed E-state index contributed by atoms with van der Waals surface area (Å²) in [6.45, 7) is 23.2. The minimum atomic E-state index is -0.0140. The first-order valence-electron chi connectivity index (χ1n) is 13.5. The van der Waals surface area contributed by atoms with E-state index in [1.165, 1.54) is 5.57 Å². The van der Waals surface area contributed by atoms with Crippen molar-refractivity contribution in [3.05, 3.63) is 107 Å². The van der Waals surface area contributed by atoms with E-state index in [9.17, 15) is 4.79 Å². The van der Waals surface area contributed by atoms with Crippen molar-refractivity contribution < 1.29 is 4.79 Å². The zero-order valence-corrected chi connectivity index (χ0v) is 23.9. The second-order valence-electron chi connectivity index (χ2n) is 10.0. The number of amides is 1. The Morgan fingerprint density at radius 3 is 1.85 bits per heavy atom. The highest BCUT2D eigenvalue weighted by Crippen LogP contribution is 2.25. The maximum Gasteiger partial charge on any atom is 0.251 e. The molecule has 39 heavy (non-hydrogen) atoms. The van der Waals surface area contributed by atoms with Gasteiger partial charge in [-0.2, -0.15) is 0 Å². The number of carbonyl (C=O) groups excluding carboxylic acids is 1. The lowest BCUT2D eigenvalue weighted by Crippen LogP contribution is -2.33. The molecule has 0 radical (unpaired) electrons. The van der Waals surface area contributed by atoms with Gasteiger partial charge in [0.25, 0.3) is 5.91 Å². The number of benzene rings is 2. The van der Waals surface area contributed by atoms with Crippen molar-refractivity contribution in [1.29, 1.82) is 0 Å². The summed E-state index contributed by atoms with van der Waals surface area (Å²) in [5, 5.41) is 13.1. The molecule has 6 N–H and O–H groups in total. The van der Waals surface area contributed by atoms with Crippen molar-refractivity contribution in [2.24, 2.45) is 0 Å². The number of nitrogens with two attached hydrogens (primary N) is 1. The Morgan fingerprint density at radius 1 is 0.769 bits per heavy atom. The number of hydrogen-bond acceptors (Lipinski definition) is 5. The molecule has 0 fully saturated rings. The smallest absolute Gasteiger partial charge is 0.251 e. The van der Waals surface area contributed by atoms with Crippen LogP contribution in [0.4, 0.5) is 5.69 Å². The minimum Gasteiger partial charge on any atom is -0.398 e. The molecule has 6 nitrogen and oxygen atoms in total. The first kappa shape index (κ1) is 29.4. The normalized spacial score (nSPS) is 12.9. The summed E-state index contributed by atoms with van der Waals surface area (Å²) < 4.78 is 0. The van der Waals surface area contributed by atoms with Crippen molar-refractivity contribution in [3.63, 3.8) is 0 Å². The van der Waals surface area contributed by atoms with Gasteiger partial charge in [-0.3, -0.25) is 4.79 Å². The fourth-order valence-electron chi connectivity index (χ4n) is 4.70. The summed E-state index contributed by atoms with van der Waals surface area (Å²) in [5.41, 5.74) is 17.7. The van der Waals surface area contributed by atoms with E-state index in [4.69, 9.17) is 5.73 Å². The van der Waals surface area contributed by atoms with Crippen LogP contribution in [0.1, 0.15) is 54.5 Å². The van der Waals surface area contributed by atoms with Gasteiger partial charge < -0.3 is 27.0 Å². The van der Waals surface area contributed by atoms with E-state index >= 15 is 0 Å². The predicted molar refractivity (Wildman–Crippen MR) is 167 cm³/mol. The van der Waals surface area contributed by atoms with Crippen LogP contribution in [-0.2, 0) is 4.79 Å². The fourth-order valence-corrected chi connectivity index (χ4v) is 4.70. The molecular weight excluding hydrogens is 482 g/mol. The van der Waals surface area contributed by atoms with Gasteiger partial charge in [0.05, 0.1) is 0 Å². The third-order valence-electron chi connectivity index (χ3n) is 7.34. The maximum absolute atomic E-state index is 12.6. The van der Waals surface area contributed by atoms with Crippen LogP contribution in [0.3, 0.4) is 0 Å². The van der Waals surface area contributed by atoms with E-state index in [1.54, 1.807) is 0 Å². The van der Waals surface area contributed by atoms with Crippen LogP contribution in [0.25, 0.3) is 17.1 Å². The van der Waals surface area contributed by atoms with Crippen molar-refractivity contribution in [2.45, 2.75) is 40.5 Å². The molecule has 2 aromatic rings. The van der Waals surface area contributed by atoms with Gasteiger partial charge in [-0.15, -0.1) is 0 Å². The first-order valence-corrected chi connectivity index (χ1v) is 13.5. The Kier molecular flexibility index (Phi) is 10.2. The second-order valence-corrected chi connectivity index (χ2v) is 10.0. The van der Waals surface area contributed by atoms with Gasteiger partial charge in [-0.1, -0.05) is 67.8 Å². The summed E-state index contributed by atoms with van der Waals surface area (Å²) >= 11 is 0. The molecule has 0 aromatic heterocycles. The van der Waals surface area contributed by atoms with E-state index in [1.807, 2.05) is 50.3 Å². The molecule has 0 saturated carbocycles. The van der Waals surface area contributed by atoms with Crippen molar-refractivity contribution >= 4 is 28.7 Å². The molecule has 1 amide bonds. The Morgan fingerprint density at radius 2 is 1.26 bits per heavy atom. The number of carbonyl (C=O) groups is 1. The fraction of sp³-hybridized carbons (Fsp3) is 0.303. The summed E-state index contributed by atoms with van der Waals surface area (Å²) in [4.78, 5) is 12.6. The molecule has 6 heteroatoms. The van der Waals surface area contributed by atoms with E-state index < -0.39 is 0 Å². The molecule has 206 valence electrons. The van der Waals surface area contributed by atoms with Gasteiger partial charge in [0.2, 0.25) is 0 Å². The molecule has 0 unspecified atom stereocenters. The van der Waals surface area contributed by atoms with Crippen molar-refractivity contribution in [2.75, 3.05) is 31.9 Å². The van der Waals surface area contributed by atoms with Crippen molar-refractivity contribution in [3.8, 4) is 0 Å². The largest absolute Gasteiger partial charge is 0.398 e. The highest BCUT2D eigenvalue weighted by Gasteiger charge is 2.16. The summed E-state index contributed by atoms with van der Waals surface area (Å²) in [6, 6.07) is 12.1. The lowest BCUT2D eigenvalue weighted by Gasteiger charge is -2.19. The molecule has 0 aliphatic heterocycles. The number of nitrogen functional groups attached to an aromatic ring is 1. The number of nitrogens with one attached hydrogen (secondary N) is 4. The van der Waals surface area contributed by atoms with Crippen LogP contribution in [0.2, 0.25) is 0 Å². The molecular formula is C33H43N5O. The van der Waals surface area contributed by atoms with Gasteiger partial charge in [0.1, 0.15) is 0 Å². The Balaban J connectivity index is 1.47. The van der Waals surface area contributed by atoms with Crippen LogP contribution in [0, 0.1) is 13.8 Å². The molecule has 3 rings (SSSR count). The monoisotopic (exact) mass is 525 g/mol. The molecule has 0 saturated heterocycles. The highest BCUT2D eigenvalue weighted by molar-refractivity contribution is 5.98. The number of allylic oxidation sites excluding steroid dienone is 2. The maximum atomic E-state index is 12.6. The molecule has 0 atom stereocenters. The molecule has 0 heterocycles. The Labute approximate surface area is 233 Å². The van der Waals surface area contributed by atoms with Gasteiger partial charge >= 0.3 is 0 Å². The number of para-hydroxylation sites is 1. The van der Waals surface area contributed by atoms with Crippen LogP contribution in [0.15, 0.2) is 78.9 Å². The van der Waals surface area contributed by atoms with Crippen LogP contribution >= 0.6 is 0 Å². The third-order valence-corrected chi connectivity index (χ3v) is 7.34. The summed E-state index contributed by atoms with van der Waals surface area (Å²) in [6.07, 6.45) is 3.98. The highest BCUT2D eigenvalue weighted by atomic mass is 16.1. The van der Waals surface area contributed by atoms with Crippen LogP contribution in [-0.4, -0.2) is 32.1 Å². The lowest BCUT2D eigenvalue weighted by molar-refractivity contribution is -0.117. The Hall–Kier alpha value is -4.19. The average molecular weight is 526 g/mol. The zero-order chi connectivity index (χ0) is 28.5. The lowest BCUT2D eigenvalue weighted by atomic mass is 9.92. The van der Waals surface area contributed by atoms with Crippen molar-refractivity contribution in [1.82, 2.24) is 21.3 Å². The van der Waals surface area contributed by atoms with Crippen LogP contribution in [0.5, 0.6) is 0 Å². The Bertz CT molecular complexity index is 1330. The second kappa shape index (κ2) is 13.6. The number of aryl methyl sites for hydroxylation is 1. The van der Waals surface area contributed by atoms with Gasteiger partial charge in [-0.25, -0.2) is 0 Å². The molecule has 1 aliphatic rings. The summed E-state index contributed by atoms with van der Waals surface area (Å²) in [7, 11) is 0. The average Bonchev–Trinajstić information content (AvgIpc) is 2.91. The number of anilines is 1. The molecule has 0 bridgehead atoms. The summed E-state index contributed by atoms with van der Waals surface area (Å²) in [5.74, 6) is -0.0140. The molecule has 0 spiro atoms. The van der Waals surface area contributed by atoms with E-state index in [2.05, 4.69) is 60.9 Å². The quantitative estimate of drug-likeness (QED) is 0.177. The van der Waals surface area contributed by atoms with Crippen LogP contribution < -0.4 is 27.0 Å². The van der Waals surface area contributed by atoms with Gasteiger partial charge in [-0.05, 0) is 57.2 Å². The first-order chi connectivity index (χ1) is 18.6. The number of rotatable bonds is 13. The predicted octanol–water partition coefficient (Wildman–Crippen LogP) is 5.44.